The van der Waals surface area contributed by atoms with Gasteiger partial charge in [0.05, 0.1) is 5.92 Å². The third kappa shape index (κ3) is 3.05. The minimum Gasteiger partial charge on any atom is -0.330 e. The maximum Gasteiger partial charge on any atom is 0.297 e. The molecule has 0 spiro atoms. The second-order valence-corrected chi connectivity index (χ2v) is 4.80. The predicted octanol–water partition coefficient (Wildman–Crippen LogP) is 3.50. The highest BCUT2D eigenvalue weighted by Crippen LogP contribution is 2.41. The second-order valence-electron chi connectivity index (χ2n) is 4.80. The van der Waals surface area contributed by atoms with Gasteiger partial charge in [-0.25, -0.2) is 8.78 Å². The first kappa shape index (κ1) is 15.4. The number of hydrogen-bond acceptors (Lipinski definition) is 2. The van der Waals surface area contributed by atoms with Gasteiger partial charge in [0, 0.05) is 18.8 Å². The molecule has 0 aliphatic heterocycles. The average Bonchev–Trinajstić information content (AvgIpc) is 2.42. The third-order valence-electron chi connectivity index (χ3n) is 3.26. The molecule has 1 aromatic heterocycles. The van der Waals surface area contributed by atoms with Gasteiger partial charge in [-0.1, -0.05) is 12.1 Å². The van der Waals surface area contributed by atoms with Gasteiger partial charge in [0.25, 0.3) is 5.92 Å². The maximum atomic E-state index is 14.5. The van der Waals surface area contributed by atoms with Gasteiger partial charge in [0.15, 0.2) is 0 Å². The quantitative estimate of drug-likeness (QED) is 0.877. The van der Waals surface area contributed by atoms with E-state index in [1.807, 2.05) is 0 Å². The van der Waals surface area contributed by atoms with Crippen molar-refractivity contribution in [2.45, 2.75) is 18.8 Å². The van der Waals surface area contributed by atoms with E-state index in [4.69, 9.17) is 5.73 Å². The molecule has 0 saturated carbocycles. The summed E-state index contributed by atoms with van der Waals surface area (Å²) < 4.78 is 55.7. The summed E-state index contributed by atoms with van der Waals surface area (Å²) in [6, 6.07) is 5.16. The highest BCUT2D eigenvalue weighted by atomic mass is 19.3. The van der Waals surface area contributed by atoms with Crippen molar-refractivity contribution < 1.29 is 17.6 Å². The number of alkyl halides is 2. The predicted molar refractivity (Wildman–Crippen MR) is 71.0 cm³/mol. The molecule has 0 fully saturated rings. The molecule has 1 aromatic carbocycles. The van der Waals surface area contributed by atoms with Gasteiger partial charge in [-0.15, -0.1) is 0 Å². The Morgan fingerprint density at radius 2 is 1.90 bits per heavy atom. The Bertz CT molecular complexity index is 626. The van der Waals surface area contributed by atoms with Crippen LogP contribution in [0.25, 0.3) is 0 Å². The minimum absolute atomic E-state index is 0.328. The van der Waals surface area contributed by atoms with Crippen molar-refractivity contribution in [3.8, 4) is 0 Å². The Hall–Kier alpha value is -1.95. The monoisotopic (exact) mass is 298 g/mol. The lowest BCUT2D eigenvalue weighted by Gasteiger charge is -2.26. The van der Waals surface area contributed by atoms with Crippen molar-refractivity contribution >= 4 is 0 Å². The van der Waals surface area contributed by atoms with Crippen LogP contribution in [0.1, 0.15) is 22.7 Å². The van der Waals surface area contributed by atoms with Crippen LogP contribution in [0.3, 0.4) is 0 Å². The van der Waals surface area contributed by atoms with E-state index in [9.17, 15) is 17.6 Å². The van der Waals surface area contributed by atoms with Gasteiger partial charge in [-0.05, 0) is 30.2 Å². The number of halogens is 4. The van der Waals surface area contributed by atoms with E-state index in [0.29, 0.717) is 6.07 Å². The SMILES string of the molecule is Cc1ccc(C(F)(F)C(CN)c2ccc(F)cc2F)nc1. The maximum absolute atomic E-state index is 14.5. The number of benzene rings is 1. The van der Waals surface area contributed by atoms with Crippen LogP contribution in [0.4, 0.5) is 17.6 Å². The van der Waals surface area contributed by atoms with Gasteiger partial charge in [0.2, 0.25) is 0 Å². The Balaban J connectivity index is 2.45. The number of pyridine rings is 1. The van der Waals surface area contributed by atoms with E-state index >= 15 is 0 Å². The number of aryl methyl sites for hydroxylation is 1. The number of nitrogens with zero attached hydrogens (tertiary/aromatic N) is 1. The van der Waals surface area contributed by atoms with Crippen LogP contribution in [-0.4, -0.2) is 11.5 Å². The standard InChI is InChI=1S/C15H14F4N2/c1-9-2-5-14(21-8-9)15(18,19)12(7-20)11-4-3-10(16)6-13(11)17/h2-6,8,12H,7,20H2,1H3. The second kappa shape index (κ2) is 5.81. The molecule has 0 bridgehead atoms. The van der Waals surface area contributed by atoms with Crippen molar-refractivity contribution in [2.24, 2.45) is 5.73 Å². The number of nitrogens with two attached hydrogens (primary N) is 1. The van der Waals surface area contributed by atoms with Crippen LogP contribution in [0, 0.1) is 18.6 Å². The number of rotatable bonds is 4. The molecule has 6 heteroatoms. The summed E-state index contributed by atoms with van der Waals surface area (Å²) in [7, 11) is 0. The van der Waals surface area contributed by atoms with Gasteiger partial charge in [-0.2, -0.15) is 8.78 Å². The van der Waals surface area contributed by atoms with Crippen molar-refractivity contribution in [3.63, 3.8) is 0 Å². The summed E-state index contributed by atoms with van der Waals surface area (Å²) in [6.45, 7) is 1.22. The van der Waals surface area contributed by atoms with E-state index in [2.05, 4.69) is 4.98 Å². The Morgan fingerprint density at radius 1 is 1.19 bits per heavy atom. The fourth-order valence-electron chi connectivity index (χ4n) is 2.10. The van der Waals surface area contributed by atoms with Crippen LogP contribution >= 0.6 is 0 Å². The van der Waals surface area contributed by atoms with Gasteiger partial charge in [0.1, 0.15) is 17.3 Å². The van der Waals surface area contributed by atoms with E-state index in [1.165, 1.54) is 18.3 Å². The van der Waals surface area contributed by atoms with Crippen LogP contribution in [-0.2, 0) is 5.92 Å². The summed E-state index contributed by atoms with van der Waals surface area (Å²) in [5.74, 6) is -6.95. The molecule has 2 aromatic rings. The molecule has 1 heterocycles. The first-order valence-corrected chi connectivity index (χ1v) is 6.32. The summed E-state index contributed by atoms with van der Waals surface area (Å²) in [5.41, 5.74) is 5.30. The van der Waals surface area contributed by atoms with Crippen molar-refractivity contribution in [1.29, 1.82) is 0 Å². The fourth-order valence-corrected chi connectivity index (χ4v) is 2.10. The normalized spacial score (nSPS) is 13.2. The van der Waals surface area contributed by atoms with Crippen molar-refractivity contribution in [2.75, 3.05) is 6.54 Å². The summed E-state index contributed by atoms with van der Waals surface area (Å²) >= 11 is 0. The average molecular weight is 298 g/mol. The summed E-state index contributed by atoms with van der Waals surface area (Å²) in [5, 5.41) is 0. The molecule has 0 saturated heterocycles. The zero-order chi connectivity index (χ0) is 15.6. The Morgan fingerprint density at radius 3 is 2.43 bits per heavy atom. The Labute approximate surface area is 119 Å². The van der Waals surface area contributed by atoms with Gasteiger partial charge in [-0.3, -0.25) is 4.98 Å². The van der Waals surface area contributed by atoms with Crippen LogP contribution < -0.4 is 5.73 Å². The van der Waals surface area contributed by atoms with Gasteiger partial charge >= 0.3 is 0 Å². The molecule has 21 heavy (non-hydrogen) atoms. The molecule has 0 radical (unpaired) electrons. The molecule has 0 aliphatic rings. The van der Waals surface area contributed by atoms with E-state index in [0.717, 1.165) is 17.7 Å². The Kier molecular flexibility index (Phi) is 4.27. The molecule has 2 rings (SSSR count). The zero-order valence-corrected chi connectivity index (χ0v) is 11.3. The lowest BCUT2D eigenvalue weighted by Crippen LogP contribution is -2.31. The minimum atomic E-state index is -3.46. The molecule has 1 atom stereocenters. The number of hydrogen-bond donors (Lipinski definition) is 1. The molecule has 2 N–H and O–H groups in total. The first-order chi connectivity index (χ1) is 9.86. The third-order valence-corrected chi connectivity index (χ3v) is 3.26. The molecule has 112 valence electrons. The smallest absolute Gasteiger partial charge is 0.297 e. The van der Waals surface area contributed by atoms with Crippen LogP contribution in [0.5, 0.6) is 0 Å². The zero-order valence-electron chi connectivity index (χ0n) is 11.3. The summed E-state index contributed by atoms with van der Waals surface area (Å²) in [6.07, 6.45) is 1.30. The van der Waals surface area contributed by atoms with E-state index in [1.54, 1.807) is 6.92 Å². The van der Waals surface area contributed by atoms with E-state index < -0.39 is 35.7 Å². The highest BCUT2D eigenvalue weighted by molar-refractivity contribution is 5.29. The van der Waals surface area contributed by atoms with Crippen LogP contribution in [0.15, 0.2) is 36.5 Å². The largest absolute Gasteiger partial charge is 0.330 e. The molecule has 1 unspecified atom stereocenters. The fraction of sp³-hybridized carbons (Fsp3) is 0.267. The highest BCUT2D eigenvalue weighted by Gasteiger charge is 2.44. The topological polar surface area (TPSA) is 38.9 Å². The van der Waals surface area contributed by atoms with Crippen LogP contribution in [0.2, 0.25) is 0 Å². The first-order valence-electron chi connectivity index (χ1n) is 6.32. The molecule has 0 amide bonds. The van der Waals surface area contributed by atoms with Gasteiger partial charge < -0.3 is 5.73 Å². The molecular weight excluding hydrogens is 284 g/mol. The molecule has 2 nitrogen and oxygen atoms in total. The lowest BCUT2D eigenvalue weighted by atomic mass is 9.90. The van der Waals surface area contributed by atoms with E-state index in [-0.39, 0.29) is 5.56 Å². The summed E-state index contributed by atoms with van der Waals surface area (Å²) in [4.78, 5) is 3.69. The van der Waals surface area contributed by atoms with Crippen molar-refractivity contribution in [1.82, 2.24) is 4.98 Å². The number of aromatic nitrogens is 1. The molecular formula is C15H14F4N2. The van der Waals surface area contributed by atoms with Crippen molar-refractivity contribution in [3.05, 3.63) is 65.0 Å². The molecule has 0 aliphatic carbocycles. The lowest BCUT2D eigenvalue weighted by molar-refractivity contribution is -0.0366.